The van der Waals surface area contributed by atoms with Gasteiger partial charge in [-0.25, -0.2) is 13.5 Å². The van der Waals surface area contributed by atoms with Gasteiger partial charge in [-0.2, -0.15) is 5.10 Å². The van der Waals surface area contributed by atoms with E-state index in [0.717, 1.165) is 42.5 Å². The van der Waals surface area contributed by atoms with Gasteiger partial charge in [-0.15, -0.1) is 0 Å². The van der Waals surface area contributed by atoms with E-state index >= 15 is 0 Å². The molecule has 1 aromatic carbocycles. The third-order valence-corrected chi connectivity index (χ3v) is 4.45. The molecule has 3 rings (SSSR count). The number of para-hydroxylation sites is 1. The van der Waals surface area contributed by atoms with Crippen molar-refractivity contribution >= 4 is 5.91 Å². The van der Waals surface area contributed by atoms with Gasteiger partial charge in [-0.1, -0.05) is 18.9 Å². The molecular weight excluding hydrogens is 316 g/mol. The number of aliphatic hydroxyl groups is 1. The van der Waals surface area contributed by atoms with Gasteiger partial charge in [-0.3, -0.25) is 4.79 Å². The molecule has 2 N–H and O–H groups in total. The van der Waals surface area contributed by atoms with Crippen LogP contribution in [0.25, 0.3) is 5.69 Å². The number of halogens is 2. The SMILES string of the molecule is O=C(NC1CCCCC1CO)c1ccn(-c2c(F)cccc2F)n1. The Morgan fingerprint density at radius 3 is 2.67 bits per heavy atom. The van der Waals surface area contributed by atoms with Crippen LogP contribution in [0.3, 0.4) is 0 Å². The first-order valence-electron chi connectivity index (χ1n) is 8.02. The molecule has 5 nitrogen and oxygen atoms in total. The predicted octanol–water partition coefficient (Wildman–Crippen LogP) is 2.43. The van der Waals surface area contributed by atoms with E-state index in [4.69, 9.17) is 0 Å². The van der Waals surface area contributed by atoms with Gasteiger partial charge in [0.15, 0.2) is 17.3 Å². The number of carbonyl (C=O) groups is 1. The van der Waals surface area contributed by atoms with E-state index in [9.17, 15) is 18.7 Å². The van der Waals surface area contributed by atoms with Gasteiger partial charge >= 0.3 is 0 Å². The molecule has 0 aliphatic heterocycles. The molecule has 0 saturated heterocycles. The Morgan fingerprint density at radius 1 is 1.25 bits per heavy atom. The lowest BCUT2D eigenvalue weighted by atomic mass is 9.85. The molecule has 1 amide bonds. The molecule has 1 aromatic heterocycles. The van der Waals surface area contributed by atoms with Crippen LogP contribution >= 0.6 is 0 Å². The third kappa shape index (κ3) is 3.31. The summed E-state index contributed by atoms with van der Waals surface area (Å²) in [4.78, 5) is 12.3. The Morgan fingerprint density at radius 2 is 1.96 bits per heavy atom. The van der Waals surface area contributed by atoms with Crippen LogP contribution < -0.4 is 5.32 Å². The number of nitrogens with one attached hydrogen (secondary N) is 1. The monoisotopic (exact) mass is 335 g/mol. The lowest BCUT2D eigenvalue weighted by Gasteiger charge is -2.30. The number of amides is 1. The number of carbonyl (C=O) groups excluding carboxylic acids is 1. The van der Waals surface area contributed by atoms with Crippen molar-refractivity contribution in [3.8, 4) is 5.69 Å². The summed E-state index contributed by atoms with van der Waals surface area (Å²) in [5, 5.41) is 16.3. The molecule has 2 unspecified atom stereocenters. The number of nitrogens with zero attached hydrogens (tertiary/aromatic N) is 2. The fourth-order valence-electron chi connectivity index (χ4n) is 3.14. The summed E-state index contributed by atoms with van der Waals surface area (Å²) < 4.78 is 28.6. The van der Waals surface area contributed by atoms with Gasteiger partial charge in [0.1, 0.15) is 5.69 Å². The molecule has 0 radical (unpaired) electrons. The van der Waals surface area contributed by atoms with Crippen LogP contribution in [-0.2, 0) is 0 Å². The average molecular weight is 335 g/mol. The maximum Gasteiger partial charge on any atom is 0.272 e. The molecule has 1 saturated carbocycles. The zero-order chi connectivity index (χ0) is 17.1. The maximum absolute atomic E-state index is 13.8. The van der Waals surface area contributed by atoms with Crippen molar-refractivity contribution < 1.29 is 18.7 Å². The second-order valence-corrected chi connectivity index (χ2v) is 6.02. The topological polar surface area (TPSA) is 67.2 Å². The fourth-order valence-corrected chi connectivity index (χ4v) is 3.14. The Kier molecular flexibility index (Phi) is 4.89. The minimum absolute atomic E-state index is 0.0276. The summed E-state index contributed by atoms with van der Waals surface area (Å²) >= 11 is 0. The van der Waals surface area contributed by atoms with Crippen LogP contribution in [0.15, 0.2) is 30.5 Å². The number of rotatable bonds is 4. The summed E-state index contributed by atoms with van der Waals surface area (Å²) in [5.74, 6) is -1.87. The molecule has 2 atom stereocenters. The summed E-state index contributed by atoms with van der Waals surface area (Å²) in [6.07, 6.45) is 5.06. The molecule has 0 bridgehead atoms. The molecule has 7 heteroatoms. The van der Waals surface area contributed by atoms with Crippen LogP contribution in [0.1, 0.15) is 36.2 Å². The minimum Gasteiger partial charge on any atom is -0.396 e. The van der Waals surface area contributed by atoms with Gasteiger partial charge < -0.3 is 10.4 Å². The fraction of sp³-hybridized carbons (Fsp3) is 0.412. The number of hydrogen-bond acceptors (Lipinski definition) is 3. The van der Waals surface area contributed by atoms with Crippen LogP contribution in [0.5, 0.6) is 0 Å². The van der Waals surface area contributed by atoms with E-state index in [1.165, 1.54) is 18.3 Å². The van der Waals surface area contributed by atoms with Crippen LogP contribution in [0.4, 0.5) is 8.78 Å². The second-order valence-electron chi connectivity index (χ2n) is 6.02. The van der Waals surface area contributed by atoms with E-state index in [1.54, 1.807) is 0 Å². The van der Waals surface area contributed by atoms with Crippen molar-refractivity contribution in [3.63, 3.8) is 0 Å². The summed E-state index contributed by atoms with van der Waals surface area (Å²) in [7, 11) is 0. The molecule has 1 heterocycles. The summed E-state index contributed by atoms with van der Waals surface area (Å²) in [5.41, 5.74) is -0.234. The first-order chi connectivity index (χ1) is 11.6. The molecule has 24 heavy (non-hydrogen) atoms. The highest BCUT2D eigenvalue weighted by molar-refractivity contribution is 5.92. The van der Waals surface area contributed by atoms with E-state index in [-0.39, 0.29) is 29.9 Å². The van der Waals surface area contributed by atoms with Gasteiger partial charge in [0.05, 0.1) is 0 Å². The van der Waals surface area contributed by atoms with Gasteiger partial charge in [0, 0.05) is 24.8 Å². The Labute approximate surface area is 138 Å². The highest BCUT2D eigenvalue weighted by atomic mass is 19.1. The van der Waals surface area contributed by atoms with E-state index < -0.39 is 17.5 Å². The molecule has 1 aliphatic carbocycles. The van der Waals surface area contributed by atoms with Crippen molar-refractivity contribution in [1.82, 2.24) is 15.1 Å². The number of benzene rings is 1. The van der Waals surface area contributed by atoms with Crippen molar-refractivity contribution in [2.24, 2.45) is 5.92 Å². The van der Waals surface area contributed by atoms with Gasteiger partial charge in [-0.05, 0) is 31.0 Å². The van der Waals surface area contributed by atoms with Gasteiger partial charge in [0.2, 0.25) is 0 Å². The lowest BCUT2D eigenvalue weighted by Crippen LogP contribution is -2.43. The van der Waals surface area contributed by atoms with Gasteiger partial charge in [0.25, 0.3) is 5.91 Å². The van der Waals surface area contributed by atoms with Crippen LogP contribution in [-0.4, -0.2) is 33.4 Å². The average Bonchev–Trinajstić information content (AvgIpc) is 3.05. The minimum atomic E-state index is -0.752. The molecule has 0 spiro atoms. The van der Waals surface area contributed by atoms with E-state index in [2.05, 4.69) is 10.4 Å². The molecule has 1 fully saturated rings. The van der Waals surface area contributed by atoms with Crippen molar-refractivity contribution in [2.75, 3.05) is 6.61 Å². The Bertz CT molecular complexity index is 712. The van der Waals surface area contributed by atoms with Crippen LogP contribution in [0, 0.1) is 17.6 Å². The second kappa shape index (κ2) is 7.09. The zero-order valence-corrected chi connectivity index (χ0v) is 13.1. The van der Waals surface area contributed by atoms with Crippen molar-refractivity contribution in [3.05, 3.63) is 47.8 Å². The molecule has 2 aromatic rings. The van der Waals surface area contributed by atoms with Crippen molar-refractivity contribution in [2.45, 2.75) is 31.7 Å². The summed E-state index contributed by atoms with van der Waals surface area (Å²) in [6, 6.07) is 4.84. The van der Waals surface area contributed by atoms with E-state index in [0.29, 0.717) is 0 Å². The van der Waals surface area contributed by atoms with E-state index in [1.807, 2.05) is 0 Å². The molecule has 1 aliphatic rings. The number of aliphatic hydroxyl groups excluding tert-OH is 1. The smallest absolute Gasteiger partial charge is 0.272 e. The number of hydrogen-bond donors (Lipinski definition) is 2. The zero-order valence-electron chi connectivity index (χ0n) is 13.1. The summed E-state index contributed by atoms with van der Waals surface area (Å²) in [6.45, 7) is 0.0276. The maximum atomic E-state index is 13.8. The lowest BCUT2D eigenvalue weighted by molar-refractivity contribution is 0.0867. The normalized spacial score (nSPS) is 20.8. The quantitative estimate of drug-likeness (QED) is 0.902. The standard InChI is InChI=1S/C17H19F2N3O2/c18-12-5-3-6-13(19)16(12)22-9-8-15(21-22)17(24)20-14-7-2-1-4-11(14)10-23/h3,5-6,8-9,11,14,23H,1-2,4,7,10H2,(H,20,24). The number of aromatic nitrogens is 2. The Balaban J connectivity index is 1.76. The largest absolute Gasteiger partial charge is 0.396 e. The third-order valence-electron chi connectivity index (χ3n) is 4.45. The first kappa shape index (κ1) is 16.6. The molecule has 128 valence electrons. The highest BCUT2D eigenvalue weighted by Gasteiger charge is 2.27. The highest BCUT2D eigenvalue weighted by Crippen LogP contribution is 2.24. The van der Waals surface area contributed by atoms with Crippen LogP contribution in [0.2, 0.25) is 0 Å². The molecular formula is C17H19F2N3O2. The first-order valence-corrected chi connectivity index (χ1v) is 8.02. The Hall–Kier alpha value is -2.28. The predicted molar refractivity (Wildman–Crippen MR) is 83.8 cm³/mol. The van der Waals surface area contributed by atoms with Crippen molar-refractivity contribution in [1.29, 1.82) is 0 Å².